The number of unbranched alkanes of at least 4 members (excludes halogenated alkanes) is 1. The van der Waals surface area contributed by atoms with Gasteiger partial charge in [0.1, 0.15) is 13.2 Å². The monoisotopic (exact) mass is 643 g/mol. The normalized spacial score (nSPS) is 12.8. The van der Waals surface area contributed by atoms with Crippen LogP contribution in [0.5, 0.6) is 0 Å². The molecule has 10 heteroatoms. The fraction of sp³-hybridized carbons (Fsp3) is 0.611. The van der Waals surface area contributed by atoms with Gasteiger partial charge in [0, 0.05) is 19.1 Å². The summed E-state index contributed by atoms with van der Waals surface area (Å²) in [5.41, 5.74) is 4.81. The average molecular weight is 644 g/mol. The Labute approximate surface area is 274 Å². The SMILES string of the molecule is CCCCC(CC)C(=O)OCCOCCOCCOCCOCCOCCCNC(=O)OCC1c2ccccc2-c2ccccc21. The van der Waals surface area contributed by atoms with Crippen LogP contribution in [0.2, 0.25) is 0 Å². The average Bonchev–Trinajstić information content (AvgIpc) is 3.40. The Hall–Kier alpha value is -3.02. The largest absolute Gasteiger partial charge is 0.463 e. The number of amides is 1. The summed E-state index contributed by atoms with van der Waals surface area (Å²) in [5, 5.41) is 2.80. The van der Waals surface area contributed by atoms with Gasteiger partial charge >= 0.3 is 12.1 Å². The number of hydrogen-bond acceptors (Lipinski definition) is 9. The standard InChI is InChI=1S/C36H53NO9/c1-3-5-11-29(4-2)35(38)45-27-26-44-25-24-43-23-22-42-21-20-41-19-18-40-17-10-16-37-36(39)46-28-34-32-14-8-6-12-30(32)31-13-7-9-15-33(31)34/h6-9,12-15,29,34H,3-5,10-11,16-28H2,1-2H3,(H,37,39). The maximum atomic E-state index is 12.2. The highest BCUT2D eigenvalue weighted by atomic mass is 16.6. The summed E-state index contributed by atoms with van der Waals surface area (Å²) < 4.78 is 38.4. The van der Waals surface area contributed by atoms with E-state index in [1.807, 2.05) is 31.2 Å². The third-order valence-corrected chi connectivity index (χ3v) is 7.77. The summed E-state index contributed by atoms with van der Waals surface area (Å²) in [6.07, 6.45) is 4.09. The van der Waals surface area contributed by atoms with Gasteiger partial charge in [0.25, 0.3) is 0 Å². The number of rotatable bonds is 26. The molecule has 0 bridgehead atoms. The molecule has 0 saturated heterocycles. The van der Waals surface area contributed by atoms with Crippen LogP contribution in [-0.2, 0) is 38.0 Å². The molecular formula is C36H53NO9. The molecule has 0 aliphatic heterocycles. The van der Waals surface area contributed by atoms with Gasteiger partial charge in [-0.15, -0.1) is 0 Å². The van der Waals surface area contributed by atoms with E-state index in [-0.39, 0.29) is 24.4 Å². The van der Waals surface area contributed by atoms with Crippen LogP contribution in [0, 0.1) is 5.92 Å². The summed E-state index contributed by atoms with van der Waals surface area (Å²) in [6.45, 7) is 9.85. The zero-order valence-electron chi connectivity index (χ0n) is 27.7. The van der Waals surface area contributed by atoms with E-state index >= 15 is 0 Å². The van der Waals surface area contributed by atoms with Gasteiger partial charge in [-0.25, -0.2) is 4.79 Å². The molecule has 0 spiro atoms. The first-order valence-corrected chi connectivity index (χ1v) is 16.8. The number of hydrogen-bond donors (Lipinski definition) is 1. The summed E-state index contributed by atoms with van der Waals surface area (Å²) in [6, 6.07) is 16.6. The number of benzene rings is 2. The van der Waals surface area contributed by atoms with Crippen molar-refractivity contribution in [3.8, 4) is 11.1 Å². The third kappa shape index (κ3) is 13.8. The van der Waals surface area contributed by atoms with E-state index in [9.17, 15) is 9.59 Å². The first kappa shape index (κ1) is 37.4. The highest BCUT2D eigenvalue weighted by Gasteiger charge is 2.29. The number of esters is 1. The lowest BCUT2D eigenvalue weighted by molar-refractivity contribution is -0.150. The molecule has 0 fully saturated rings. The zero-order valence-corrected chi connectivity index (χ0v) is 27.7. The first-order valence-electron chi connectivity index (χ1n) is 16.8. The van der Waals surface area contributed by atoms with Crippen LogP contribution < -0.4 is 5.32 Å². The van der Waals surface area contributed by atoms with E-state index in [2.05, 4.69) is 36.5 Å². The van der Waals surface area contributed by atoms with Gasteiger partial charge in [-0.2, -0.15) is 0 Å². The van der Waals surface area contributed by atoms with Gasteiger partial charge in [-0.05, 0) is 41.5 Å². The fourth-order valence-corrected chi connectivity index (χ4v) is 5.25. The van der Waals surface area contributed by atoms with Crippen LogP contribution in [0.1, 0.15) is 63.0 Å². The number of ether oxygens (including phenoxy) is 7. The topological polar surface area (TPSA) is 111 Å². The van der Waals surface area contributed by atoms with Crippen molar-refractivity contribution in [2.45, 2.75) is 51.9 Å². The molecule has 1 aliphatic carbocycles. The summed E-state index contributed by atoms with van der Waals surface area (Å²) in [7, 11) is 0. The van der Waals surface area contributed by atoms with Gasteiger partial charge in [-0.1, -0.05) is 75.2 Å². The maximum absolute atomic E-state index is 12.2. The Morgan fingerprint density at radius 1 is 0.652 bits per heavy atom. The Kier molecular flexibility index (Phi) is 19.0. The fourth-order valence-electron chi connectivity index (χ4n) is 5.25. The van der Waals surface area contributed by atoms with Crippen LogP contribution in [0.4, 0.5) is 4.79 Å². The summed E-state index contributed by atoms with van der Waals surface area (Å²) in [4.78, 5) is 24.3. The maximum Gasteiger partial charge on any atom is 0.407 e. The summed E-state index contributed by atoms with van der Waals surface area (Å²) in [5.74, 6) is -0.0786. The van der Waals surface area contributed by atoms with Gasteiger partial charge < -0.3 is 38.5 Å². The first-order chi connectivity index (χ1) is 22.7. The van der Waals surface area contributed by atoms with Crippen molar-refractivity contribution in [2.75, 3.05) is 85.8 Å². The predicted octanol–water partition coefficient (Wildman–Crippen LogP) is 5.76. The van der Waals surface area contributed by atoms with Gasteiger partial charge in [0.05, 0.1) is 65.4 Å². The zero-order chi connectivity index (χ0) is 32.7. The van der Waals surface area contributed by atoms with Crippen LogP contribution >= 0.6 is 0 Å². The van der Waals surface area contributed by atoms with Crippen molar-refractivity contribution < 1.29 is 42.7 Å². The van der Waals surface area contributed by atoms with Crippen LogP contribution in [0.3, 0.4) is 0 Å². The number of carbonyl (C=O) groups is 2. The second kappa shape index (κ2) is 23.3. The molecule has 1 aliphatic rings. The van der Waals surface area contributed by atoms with Gasteiger partial charge in [0.15, 0.2) is 0 Å². The van der Waals surface area contributed by atoms with Crippen molar-refractivity contribution in [3.05, 3.63) is 59.7 Å². The molecule has 3 rings (SSSR count). The van der Waals surface area contributed by atoms with E-state index in [1.165, 1.54) is 22.3 Å². The molecule has 46 heavy (non-hydrogen) atoms. The van der Waals surface area contributed by atoms with Crippen molar-refractivity contribution in [3.63, 3.8) is 0 Å². The lowest BCUT2D eigenvalue weighted by atomic mass is 9.98. The minimum absolute atomic E-state index is 0.00716. The number of alkyl carbamates (subject to hydrolysis) is 1. The molecule has 0 aromatic heterocycles. The highest BCUT2D eigenvalue weighted by Crippen LogP contribution is 2.44. The van der Waals surface area contributed by atoms with E-state index in [1.54, 1.807) is 0 Å². The summed E-state index contributed by atoms with van der Waals surface area (Å²) >= 11 is 0. The third-order valence-electron chi connectivity index (χ3n) is 7.77. The molecule has 2 aromatic rings. The second-order valence-electron chi connectivity index (χ2n) is 11.1. The molecule has 10 nitrogen and oxygen atoms in total. The second-order valence-corrected chi connectivity index (χ2v) is 11.1. The molecule has 256 valence electrons. The minimum Gasteiger partial charge on any atom is -0.463 e. The number of nitrogens with one attached hydrogen (secondary N) is 1. The predicted molar refractivity (Wildman–Crippen MR) is 176 cm³/mol. The molecule has 0 radical (unpaired) electrons. The van der Waals surface area contributed by atoms with E-state index in [0.717, 1.165) is 25.7 Å². The lowest BCUT2D eigenvalue weighted by Crippen LogP contribution is -2.27. The van der Waals surface area contributed by atoms with Crippen LogP contribution in [-0.4, -0.2) is 97.9 Å². The Balaban J connectivity index is 1.04. The van der Waals surface area contributed by atoms with Crippen molar-refractivity contribution in [2.24, 2.45) is 5.92 Å². The quantitative estimate of drug-likeness (QED) is 0.101. The molecule has 1 amide bonds. The van der Waals surface area contributed by atoms with Crippen molar-refractivity contribution in [1.29, 1.82) is 0 Å². The van der Waals surface area contributed by atoms with E-state index in [0.29, 0.717) is 85.6 Å². The Morgan fingerprint density at radius 2 is 1.15 bits per heavy atom. The van der Waals surface area contributed by atoms with E-state index in [4.69, 9.17) is 33.2 Å². The lowest BCUT2D eigenvalue weighted by Gasteiger charge is -2.14. The molecule has 2 aromatic carbocycles. The molecule has 0 saturated carbocycles. The molecule has 1 N–H and O–H groups in total. The van der Waals surface area contributed by atoms with Crippen molar-refractivity contribution >= 4 is 12.1 Å². The Morgan fingerprint density at radius 3 is 1.67 bits per heavy atom. The minimum atomic E-state index is -0.415. The molecule has 1 atom stereocenters. The Bertz CT molecular complexity index is 1080. The van der Waals surface area contributed by atoms with Crippen molar-refractivity contribution in [1.82, 2.24) is 5.32 Å². The molecule has 0 heterocycles. The highest BCUT2D eigenvalue weighted by molar-refractivity contribution is 5.79. The van der Waals surface area contributed by atoms with Crippen LogP contribution in [0.15, 0.2) is 48.5 Å². The number of fused-ring (bicyclic) bond motifs is 3. The van der Waals surface area contributed by atoms with Crippen LogP contribution in [0.25, 0.3) is 11.1 Å². The smallest absolute Gasteiger partial charge is 0.407 e. The molecule has 1 unspecified atom stereocenters. The number of carbonyl (C=O) groups excluding carboxylic acids is 2. The van der Waals surface area contributed by atoms with E-state index < -0.39 is 6.09 Å². The van der Waals surface area contributed by atoms with Gasteiger partial charge in [-0.3, -0.25) is 4.79 Å². The van der Waals surface area contributed by atoms with Gasteiger partial charge in [0.2, 0.25) is 0 Å². The molecular weight excluding hydrogens is 590 g/mol.